The van der Waals surface area contributed by atoms with Crippen molar-refractivity contribution in [2.24, 2.45) is 4.99 Å². The molecular weight excluding hydrogens is 456 g/mol. The summed E-state index contributed by atoms with van der Waals surface area (Å²) in [5, 5.41) is 20.9. The van der Waals surface area contributed by atoms with E-state index < -0.39 is 12.0 Å². The maximum atomic E-state index is 11.7. The molecule has 4 aromatic rings. The van der Waals surface area contributed by atoms with Gasteiger partial charge in [0.05, 0.1) is 17.0 Å². The smallest absolute Gasteiger partial charge is 0.306 e. The first kappa shape index (κ1) is 21.4. The van der Waals surface area contributed by atoms with E-state index in [1.165, 1.54) is 11.3 Å². The molecule has 1 aromatic carbocycles. The molecule has 0 amide bonds. The molecule has 0 radical (unpaired) electrons. The van der Waals surface area contributed by atoms with Gasteiger partial charge in [-0.2, -0.15) is 0 Å². The van der Waals surface area contributed by atoms with Gasteiger partial charge in [0.1, 0.15) is 16.9 Å². The molecule has 0 spiro atoms. The first-order valence-electron chi connectivity index (χ1n) is 10.3. The Balaban J connectivity index is 1.70. The molecule has 0 saturated heterocycles. The maximum Gasteiger partial charge on any atom is 0.306 e. The van der Waals surface area contributed by atoms with Crippen molar-refractivity contribution in [3.8, 4) is 16.1 Å². The fraction of sp³-hybridized carbons (Fsp3) is 0.208. The molecule has 4 heterocycles. The second kappa shape index (κ2) is 8.17. The van der Waals surface area contributed by atoms with E-state index in [2.05, 4.69) is 24.0 Å². The number of rotatable bonds is 5. The largest absolute Gasteiger partial charge is 0.481 e. The van der Waals surface area contributed by atoms with Gasteiger partial charge in [-0.05, 0) is 43.3 Å². The van der Waals surface area contributed by atoms with Gasteiger partial charge in [-0.1, -0.05) is 24.3 Å². The Morgan fingerprint density at radius 3 is 2.55 bits per heavy atom. The lowest BCUT2D eigenvalue weighted by atomic mass is 9.97. The molecule has 33 heavy (non-hydrogen) atoms. The molecule has 1 N–H and O–H groups in total. The minimum Gasteiger partial charge on any atom is -0.481 e. The van der Waals surface area contributed by atoms with Gasteiger partial charge in [0.15, 0.2) is 12.1 Å². The third-order valence-electron chi connectivity index (χ3n) is 5.88. The average Bonchev–Trinajstić information content (AvgIpc) is 3.47. The van der Waals surface area contributed by atoms with Crippen LogP contribution in [0, 0.1) is 20.8 Å². The summed E-state index contributed by atoms with van der Waals surface area (Å²) in [7, 11) is 0. The zero-order chi connectivity index (χ0) is 23.3. The highest BCUT2D eigenvalue weighted by Crippen LogP contribution is 2.39. The third-order valence-corrected chi connectivity index (χ3v) is 7.91. The Morgan fingerprint density at radius 2 is 1.85 bits per heavy atom. The maximum absolute atomic E-state index is 11.7. The first-order valence-corrected chi connectivity index (χ1v) is 12.0. The van der Waals surface area contributed by atoms with Crippen molar-refractivity contribution >= 4 is 40.6 Å². The van der Waals surface area contributed by atoms with Crippen molar-refractivity contribution in [2.75, 3.05) is 0 Å². The number of aryl methyl sites for hydroxylation is 2. The highest BCUT2D eigenvalue weighted by molar-refractivity contribution is 7.15. The zero-order valence-corrected chi connectivity index (χ0v) is 19.8. The molecular formula is C24H20N4O3S2. The molecule has 1 aliphatic rings. The Kier molecular flexibility index (Phi) is 5.30. The van der Waals surface area contributed by atoms with Gasteiger partial charge in [-0.15, -0.1) is 32.9 Å². The Labute approximate surface area is 198 Å². The van der Waals surface area contributed by atoms with E-state index in [4.69, 9.17) is 4.99 Å². The Hall–Kier alpha value is -3.43. The number of hydrogen-bond donors (Lipinski definition) is 1. The normalized spacial score (nSPS) is 14.9. The van der Waals surface area contributed by atoms with E-state index in [-0.39, 0.29) is 6.42 Å². The number of thiophene rings is 2. The van der Waals surface area contributed by atoms with Crippen LogP contribution in [0.1, 0.15) is 55.4 Å². The summed E-state index contributed by atoms with van der Waals surface area (Å²) in [5.41, 5.74) is 5.56. The van der Waals surface area contributed by atoms with E-state index >= 15 is 0 Å². The number of benzene rings is 1. The molecule has 0 fully saturated rings. The van der Waals surface area contributed by atoms with Crippen LogP contribution in [0.3, 0.4) is 0 Å². The molecule has 5 rings (SSSR count). The van der Waals surface area contributed by atoms with E-state index in [0.29, 0.717) is 16.5 Å². The van der Waals surface area contributed by atoms with Crippen LogP contribution >= 0.6 is 22.7 Å². The highest BCUT2D eigenvalue weighted by Gasteiger charge is 2.32. The molecule has 1 atom stereocenters. The lowest BCUT2D eigenvalue weighted by Crippen LogP contribution is -2.10. The number of aromatic nitrogens is 3. The topological polar surface area (TPSA) is 97.4 Å². The predicted octanol–water partition coefficient (Wildman–Crippen LogP) is 5.16. The Morgan fingerprint density at radius 1 is 1.12 bits per heavy atom. The van der Waals surface area contributed by atoms with Gasteiger partial charge in [-0.3, -0.25) is 19.1 Å². The van der Waals surface area contributed by atoms with Gasteiger partial charge in [0.25, 0.3) is 0 Å². The molecule has 0 aliphatic carbocycles. The molecule has 7 nitrogen and oxygen atoms in total. The van der Waals surface area contributed by atoms with E-state index in [1.54, 1.807) is 11.3 Å². The second-order valence-electron chi connectivity index (χ2n) is 7.89. The number of aldehydes is 1. The number of carbonyl (C=O) groups is 2. The summed E-state index contributed by atoms with van der Waals surface area (Å²) in [5.74, 6) is 0.300. The number of carbonyl (C=O) groups excluding carboxylic acids is 1. The third kappa shape index (κ3) is 3.53. The van der Waals surface area contributed by atoms with Gasteiger partial charge in [0.2, 0.25) is 0 Å². The minimum absolute atomic E-state index is 0.176. The molecule has 0 bridgehead atoms. The average molecular weight is 477 g/mol. The number of carboxylic acids is 1. The fourth-order valence-corrected chi connectivity index (χ4v) is 6.08. The van der Waals surface area contributed by atoms with Crippen LogP contribution in [0.5, 0.6) is 0 Å². The standard InChI is InChI=1S/C24H20N4O3S2/c1-12-13(2)33-24-21(12)22(25-18(10-20(30)31)23-27-26-14(3)28(23)24)16-6-4-15(5-7-16)17-8-9-32-19(17)11-29/h4-9,11,18H,10H2,1-3H3,(H,30,31)/t18-/m0/s1. The van der Waals surface area contributed by atoms with E-state index in [0.717, 1.165) is 49.7 Å². The molecule has 166 valence electrons. The van der Waals surface area contributed by atoms with Crippen LogP contribution in [0.2, 0.25) is 0 Å². The lowest BCUT2D eigenvalue weighted by Gasteiger charge is -2.11. The lowest BCUT2D eigenvalue weighted by molar-refractivity contribution is -0.137. The van der Waals surface area contributed by atoms with Gasteiger partial charge in [0, 0.05) is 21.6 Å². The number of aliphatic imine (C=N–C) groups is 1. The number of nitrogens with zero attached hydrogens (tertiary/aromatic N) is 4. The SMILES string of the molecule is Cc1sc2c(c1C)C(c1ccc(-c3ccsc3C=O)cc1)=N[C@@H](CC(=O)O)c1nnc(C)n1-2. The van der Waals surface area contributed by atoms with Crippen molar-refractivity contribution in [3.63, 3.8) is 0 Å². The van der Waals surface area contributed by atoms with E-state index in [9.17, 15) is 14.7 Å². The number of aliphatic carboxylic acids is 1. The summed E-state index contributed by atoms with van der Waals surface area (Å²) in [6.07, 6.45) is 0.700. The van der Waals surface area contributed by atoms with Gasteiger partial charge >= 0.3 is 5.97 Å². The summed E-state index contributed by atoms with van der Waals surface area (Å²) in [6.45, 7) is 6.00. The molecule has 1 aliphatic heterocycles. The van der Waals surface area contributed by atoms with E-state index in [1.807, 2.05) is 47.2 Å². The van der Waals surface area contributed by atoms with Crippen LogP contribution in [0.25, 0.3) is 16.1 Å². The second-order valence-corrected chi connectivity index (χ2v) is 10.0. The van der Waals surface area contributed by atoms with Gasteiger partial charge < -0.3 is 5.11 Å². The predicted molar refractivity (Wildman–Crippen MR) is 129 cm³/mol. The van der Waals surface area contributed by atoms with Crippen molar-refractivity contribution < 1.29 is 14.7 Å². The van der Waals surface area contributed by atoms with Crippen LogP contribution < -0.4 is 0 Å². The quantitative estimate of drug-likeness (QED) is 0.401. The first-order chi connectivity index (χ1) is 15.9. The molecule has 0 saturated carbocycles. The van der Waals surface area contributed by atoms with Crippen LogP contribution in [0.4, 0.5) is 0 Å². The monoisotopic (exact) mass is 476 g/mol. The zero-order valence-electron chi connectivity index (χ0n) is 18.2. The van der Waals surface area contributed by atoms with Crippen LogP contribution in [-0.4, -0.2) is 37.8 Å². The molecule has 9 heteroatoms. The molecule has 3 aromatic heterocycles. The highest BCUT2D eigenvalue weighted by atomic mass is 32.1. The summed E-state index contributed by atoms with van der Waals surface area (Å²) < 4.78 is 1.94. The van der Waals surface area contributed by atoms with Crippen molar-refractivity contribution in [1.82, 2.24) is 14.8 Å². The summed E-state index contributed by atoms with van der Waals surface area (Å²) in [4.78, 5) is 29.8. The summed E-state index contributed by atoms with van der Waals surface area (Å²) >= 11 is 3.05. The number of fused-ring (bicyclic) bond motifs is 3. The summed E-state index contributed by atoms with van der Waals surface area (Å²) in [6, 6.07) is 9.19. The number of carboxylic acid groups (broad SMARTS) is 1. The van der Waals surface area contributed by atoms with Crippen LogP contribution in [0.15, 0.2) is 40.7 Å². The van der Waals surface area contributed by atoms with Crippen molar-refractivity contribution in [3.05, 3.63) is 73.8 Å². The van der Waals surface area contributed by atoms with Gasteiger partial charge in [-0.25, -0.2) is 0 Å². The van der Waals surface area contributed by atoms with Crippen LogP contribution in [-0.2, 0) is 4.79 Å². The fourth-order valence-electron chi connectivity index (χ4n) is 4.15. The molecule has 0 unspecified atom stereocenters. The van der Waals surface area contributed by atoms with Crippen molar-refractivity contribution in [2.45, 2.75) is 33.2 Å². The minimum atomic E-state index is -0.942. The Bertz CT molecular complexity index is 1430. The van der Waals surface area contributed by atoms with Crippen molar-refractivity contribution in [1.29, 1.82) is 0 Å². The number of hydrogen-bond acceptors (Lipinski definition) is 7.